The summed E-state index contributed by atoms with van der Waals surface area (Å²) in [6, 6.07) is 15.0. The molecule has 2 aromatic carbocycles. The molecular weight excluding hydrogens is 436 g/mol. The van der Waals surface area contributed by atoms with Gasteiger partial charge in [0, 0.05) is 13.0 Å². The highest BCUT2D eigenvalue weighted by Crippen LogP contribution is 2.23. The Hall–Kier alpha value is -4.25. The number of unbranched alkanes of at least 4 members (excludes halogenated alkanes) is 2. The summed E-state index contributed by atoms with van der Waals surface area (Å²) in [5.41, 5.74) is 1.23. The highest BCUT2D eigenvalue weighted by Gasteiger charge is 2.34. The van der Waals surface area contributed by atoms with Crippen molar-refractivity contribution < 1.29 is 28.7 Å². The average molecular weight is 460 g/mol. The molecule has 2 amide bonds. The highest BCUT2D eigenvalue weighted by molar-refractivity contribution is 6.21. The van der Waals surface area contributed by atoms with Crippen LogP contribution in [0.25, 0.3) is 6.08 Å². The van der Waals surface area contributed by atoms with Gasteiger partial charge in [-0.1, -0.05) is 30.7 Å². The van der Waals surface area contributed by atoms with Gasteiger partial charge < -0.3 is 9.47 Å². The SMILES string of the molecule is CCOC(=O)/C(C#N)=C/c1cccc(OC(=O)CCCCCN2C(=O)c3ccccc3C2=O)c1. The molecule has 0 spiro atoms. The summed E-state index contributed by atoms with van der Waals surface area (Å²) >= 11 is 0. The van der Waals surface area contributed by atoms with Gasteiger partial charge in [0.25, 0.3) is 11.8 Å². The van der Waals surface area contributed by atoms with E-state index in [0.29, 0.717) is 48.2 Å². The van der Waals surface area contributed by atoms with Gasteiger partial charge in [0.15, 0.2) is 0 Å². The summed E-state index contributed by atoms with van der Waals surface area (Å²) in [4.78, 5) is 49.9. The number of ether oxygens (including phenoxy) is 2. The lowest BCUT2D eigenvalue weighted by molar-refractivity contribution is -0.138. The lowest BCUT2D eigenvalue weighted by atomic mass is 10.1. The fourth-order valence-corrected chi connectivity index (χ4v) is 3.52. The number of benzene rings is 2. The Morgan fingerprint density at radius 3 is 2.35 bits per heavy atom. The van der Waals surface area contributed by atoms with Gasteiger partial charge in [0.2, 0.25) is 0 Å². The molecule has 1 heterocycles. The second kappa shape index (κ2) is 11.6. The monoisotopic (exact) mass is 460 g/mol. The van der Waals surface area contributed by atoms with Crippen molar-refractivity contribution in [2.45, 2.75) is 32.6 Å². The molecule has 0 aliphatic carbocycles. The molecule has 34 heavy (non-hydrogen) atoms. The van der Waals surface area contributed by atoms with Crippen LogP contribution in [0.3, 0.4) is 0 Å². The minimum absolute atomic E-state index is 0.150. The van der Waals surface area contributed by atoms with Gasteiger partial charge >= 0.3 is 11.9 Å². The van der Waals surface area contributed by atoms with Gasteiger partial charge in [-0.3, -0.25) is 19.3 Å². The van der Waals surface area contributed by atoms with Gasteiger partial charge in [-0.2, -0.15) is 5.26 Å². The Balaban J connectivity index is 1.44. The Labute approximate surface area is 197 Å². The van der Waals surface area contributed by atoms with Gasteiger partial charge in [-0.05, 0) is 55.7 Å². The lowest BCUT2D eigenvalue weighted by Gasteiger charge is -2.13. The van der Waals surface area contributed by atoms with E-state index in [1.54, 1.807) is 61.5 Å². The second-order valence-electron chi connectivity index (χ2n) is 7.56. The molecule has 0 atom stereocenters. The topological polar surface area (TPSA) is 114 Å². The summed E-state index contributed by atoms with van der Waals surface area (Å²) in [6.07, 6.45) is 3.33. The predicted molar refractivity (Wildman–Crippen MR) is 123 cm³/mol. The third kappa shape index (κ3) is 5.95. The summed E-state index contributed by atoms with van der Waals surface area (Å²) in [5, 5.41) is 9.14. The number of nitrogens with zero attached hydrogens (tertiary/aromatic N) is 2. The zero-order chi connectivity index (χ0) is 24.5. The molecule has 0 bridgehead atoms. The van der Waals surface area contributed by atoms with E-state index >= 15 is 0 Å². The minimum Gasteiger partial charge on any atom is -0.462 e. The van der Waals surface area contributed by atoms with E-state index in [1.165, 1.54) is 11.0 Å². The normalized spacial score (nSPS) is 12.8. The maximum absolute atomic E-state index is 12.3. The summed E-state index contributed by atoms with van der Waals surface area (Å²) in [5.74, 6) is -1.40. The van der Waals surface area contributed by atoms with Crippen LogP contribution in [0.4, 0.5) is 0 Å². The van der Waals surface area contributed by atoms with Crippen LogP contribution >= 0.6 is 0 Å². The van der Waals surface area contributed by atoms with Crippen LogP contribution in [0.1, 0.15) is 58.9 Å². The molecule has 3 rings (SSSR count). The molecule has 0 aromatic heterocycles. The molecule has 1 aliphatic rings. The first-order valence-corrected chi connectivity index (χ1v) is 11.0. The average Bonchev–Trinajstić information content (AvgIpc) is 3.07. The molecular formula is C26H24N2O6. The first-order chi connectivity index (χ1) is 16.4. The number of carbonyl (C=O) groups is 4. The number of fused-ring (bicyclic) bond motifs is 1. The molecule has 8 nitrogen and oxygen atoms in total. The van der Waals surface area contributed by atoms with Crippen molar-refractivity contribution in [3.63, 3.8) is 0 Å². The molecule has 2 aromatic rings. The number of hydrogen-bond acceptors (Lipinski definition) is 7. The number of hydrogen-bond donors (Lipinski definition) is 0. The van der Waals surface area contributed by atoms with Crippen molar-refractivity contribution in [2.24, 2.45) is 0 Å². The zero-order valence-electron chi connectivity index (χ0n) is 18.8. The molecule has 0 saturated heterocycles. The van der Waals surface area contributed by atoms with E-state index in [1.807, 2.05) is 0 Å². The quantitative estimate of drug-likeness (QED) is 0.132. The number of carbonyl (C=O) groups excluding carboxylic acids is 4. The van der Waals surface area contributed by atoms with E-state index in [9.17, 15) is 19.2 Å². The number of rotatable bonds is 10. The standard InChI is InChI=1S/C26H24N2O6/c1-2-33-26(32)19(17-27)15-18-9-8-10-20(16-18)34-23(29)13-4-3-7-14-28-24(30)21-11-5-6-12-22(21)25(28)31/h5-6,8-12,15-16H,2-4,7,13-14H2,1H3/b19-15+. The van der Waals surface area contributed by atoms with Crippen LogP contribution in [-0.4, -0.2) is 41.8 Å². The third-order valence-electron chi connectivity index (χ3n) is 5.16. The smallest absolute Gasteiger partial charge is 0.348 e. The number of nitriles is 1. The summed E-state index contributed by atoms with van der Waals surface area (Å²) < 4.78 is 10.2. The number of esters is 2. The molecule has 0 radical (unpaired) electrons. The molecule has 8 heteroatoms. The third-order valence-corrected chi connectivity index (χ3v) is 5.16. The minimum atomic E-state index is -0.714. The molecule has 0 unspecified atom stereocenters. The van der Waals surface area contributed by atoms with Gasteiger partial charge in [0.1, 0.15) is 17.4 Å². The van der Waals surface area contributed by atoms with Gasteiger partial charge in [-0.15, -0.1) is 0 Å². The Bertz CT molecular complexity index is 1140. The molecule has 0 saturated carbocycles. The van der Waals surface area contributed by atoms with E-state index in [2.05, 4.69) is 0 Å². The first-order valence-electron chi connectivity index (χ1n) is 11.0. The van der Waals surface area contributed by atoms with Crippen molar-refractivity contribution in [1.82, 2.24) is 4.90 Å². The van der Waals surface area contributed by atoms with Crippen LogP contribution < -0.4 is 4.74 Å². The lowest BCUT2D eigenvalue weighted by Crippen LogP contribution is -2.30. The van der Waals surface area contributed by atoms with Crippen molar-refractivity contribution in [2.75, 3.05) is 13.2 Å². The fraction of sp³-hybridized carbons (Fsp3) is 0.269. The van der Waals surface area contributed by atoms with Crippen molar-refractivity contribution in [1.29, 1.82) is 5.26 Å². The van der Waals surface area contributed by atoms with E-state index in [0.717, 1.165) is 0 Å². The number of amides is 2. The van der Waals surface area contributed by atoms with E-state index < -0.39 is 11.9 Å². The van der Waals surface area contributed by atoms with E-state index in [4.69, 9.17) is 14.7 Å². The molecule has 0 fully saturated rings. The highest BCUT2D eigenvalue weighted by atomic mass is 16.5. The number of imide groups is 1. The van der Waals surface area contributed by atoms with Crippen molar-refractivity contribution in [3.8, 4) is 11.8 Å². The van der Waals surface area contributed by atoms with E-state index in [-0.39, 0.29) is 30.4 Å². The molecule has 1 aliphatic heterocycles. The van der Waals surface area contributed by atoms with Crippen molar-refractivity contribution >= 4 is 29.8 Å². The van der Waals surface area contributed by atoms with Crippen LogP contribution in [0.5, 0.6) is 5.75 Å². The van der Waals surface area contributed by atoms with Crippen LogP contribution in [-0.2, 0) is 14.3 Å². The molecule has 0 N–H and O–H groups in total. The fourth-order valence-electron chi connectivity index (χ4n) is 3.52. The molecule has 174 valence electrons. The van der Waals surface area contributed by atoms with Crippen LogP contribution in [0.15, 0.2) is 54.1 Å². The van der Waals surface area contributed by atoms with Gasteiger partial charge in [0.05, 0.1) is 17.7 Å². The maximum atomic E-state index is 12.3. The van der Waals surface area contributed by atoms with Crippen LogP contribution in [0.2, 0.25) is 0 Å². The Kier molecular flexibility index (Phi) is 8.30. The van der Waals surface area contributed by atoms with Gasteiger partial charge in [-0.25, -0.2) is 4.79 Å². The summed E-state index contributed by atoms with van der Waals surface area (Å²) in [7, 11) is 0. The Morgan fingerprint density at radius 2 is 1.71 bits per heavy atom. The van der Waals surface area contributed by atoms with Crippen LogP contribution in [0, 0.1) is 11.3 Å². The summed E-state index contributed by atoms with van der Waals surface area (Å²) in [6.45, 7) is 2.11. The Morgan fingerprint density at radius 1 is 1.00 bits per heavy atom. The predicted octanol–water partition coefficient (Wildman–Crippen LogP) is 3.92. The maximum Gasteiger partial charge on any atom is 0.348 e. The van der Waals surface area contributed by atoms with Crippen molar-refractivity contribution in [3.05, 3.63) is 70.8 Å². The zero-order valence-corrected chi connectivity index (χ0v) is 18.8. The first kappa shape index (κ1) is 24.4. The second-order valence-corrected chi connectivity index (χ2v) is 7.56. The largest absolute Gasteiger partial charge is 0.462 e.